The molecule has 1 atom stereocenters. The van der Waals surface area contributed by atoms with Gasteiger partial charge in [0.2, 0.25) is 5.91 Å². The van der Waals surface area contributed by atoms with Crippen LogP contribution in [0.3, 0.4) is 0 Å². The molecule has 0 aliphatic heterocycles. The van der Waals surface area contributed by atoms with Crippen molar-refractivity contribution < 1.29 is 4.79 Å². The molecule has 0 aliphatic rings. The highest BCUT2D eigenvalue weighted by molar-refractivity contribution is 7.71. The Morgan fingerprint density at radius 1 is 1.06 bits per heavy atom. The zero-order valence-corrected chi connectivity index (χ0v) is 19.2. The van der Waals surface area contributed by atoms with Crippen LogP contribution in [0, 0.1) is 11.7 Å². The van der Waals surface area contributed by atoms with Crippen molar-refractivity contribution >= 4 is 29.7 Å². The van der Waals surface area contributed by atoms with Crippen LogP contribution in [-0.4, -0.2) is 20.7 Å². The third-order valence-electron chi connectivity index (χ3n) is 5.24. The van der Waals surface area contributed by atoms with Gasteiger partial charge in [-0.2, -0.15) is 5.10 Å². The lowest BCUT2D eigenvalue weighted by molar-refractivity contribution is -0.121. The van der Waals surface area contributed by atoms with Gasteiger partial charge < -0.3 is 5.32 Å². The van der Waals surface area contributed by atoms with Gasteiger partial charge in [-0.05, 0) is 48.5 Å². The summed E-state index contributed by atoms with van der Waals surface area (Å²) in [6.07, 6.45) is 0.267. The first-order valence-corrected chi connectivity index (χ1v) is 11.1. The number of H-pyrrole nitrogens is 1. The van der Waals surface area contributed by atoms with Gasteiger partial charge in [-0.15, -0.1) is 0 Å². The van der Waals surface area contributed by atoms with Crippen LogP contribution in [0.25, 0.3) is 11.4 Å². The molecule has 1 heterocycles. The molecule has 1 amide bonds. The number of hydrogen-bond acceptors (Lipinski definition) is 3. The summed E-state index contributed by atoms with van der Waals surface area (Å²) in [5, 5.41) is 11.0. The molecular weight excluding hydrogens is 440 g/mol. The fourth-order valence-electron chi connectivity index (χ4n) is 3.64. The predicted octanol–water partition coefficient (Wildman–Crippen LogP) is 5.87. The van der Waals surface area contributed by atoms with E-state index < -0.39 is 0 Å². The Morgan fingerprint density at radius 2 is 1.78 bits per heavy atom. The van der Waals surface area contributed by atoms with Crippen LogP contribution >= 0.6 is 23.8 Å². The zero-order chi connectivity index (χ0) is 22.5. The van der Waals surface area contributed by atoms with Crippen LogP contribution in [0.1, 0.15) is 29.2 Å². The third-order valence-corrected chi connectivity index (χ3v) is 5.80. The number of carbonyl (C=O) groups excluding carboxylic acids is 1. The highest BCUT2D eigenvalue weighted by Gasteiger charge is 2.18. The molecular formula is C25H23ClN4OS. The van der Waals surface area contributed by atoms with Crippen LogP contribution in [-0.2, 0) is 11.3 Å². The quantitative estimate of drug-likeness (QED) is 0.338. The van der Waals surface area contributed by atoms with Crippen molar-refractivity contribution in [2.45, 2.75) is 25.9 Å². The van der Waals surface area contributed by atoms with E-state index in [9.17, 15) is 4.79 Å². The monoisotopic (exact) mass is 462 g/mol. The largest absolute Gasteiger partial charge is 0.345 e. The number of aryl methyl sites for hydroxylation is 1. The predicted molar refractivity (Wildman–Crippen MR) is 130 cm³/mol. The minimum absolute atomic E-state index is 0.0768. The molecule has 0 aliphatic carbocycles. The Morgan fingerprint density at radius 3 is 2.50 bits per heavy atom. The van der Waals surface area contributed by atoms with Gasteiger partial charge in [0.1, 0.15) is 0 Å². The first-order valence-electron chi connectivity index (χ1n) is 10.3. The van der Waals surface area contributed by atoms with E-state index in [-0.39, 0.29) is 18.4 Å². The van der Waals surface area contributed by atoms with E-state index in [1.165, 1.54) is 0 Å². The number of hydrogen-bond donors (Lipinski definition) is 2. The number of aromatic nitrogens is 3. The number of rotatable bonds is 7. The fourth-order valence-corrected chi connectivity index (χ4v) is 3.99. The van der Waals surface area contributed by atoms with Crippen molar-refractivity contribution in [1.82, 2.24) is 20.1 Å². The van der Waals surface area contributed by atoms with Gasteiger partial charge in [0.25, 0.3) is 0 Å². The van der Waals surface area contributed by atoms with Gasteiger partial charge in [0.15, 0.2) is 10.6 Å². The number of carbonyl (C=O) groups is 1. The number of halogens is 1. The van der Waals surface area contributed by atoms with Crippen LogP contribution in [0.4, 0.5) is 0 Å². The lowest BCUT2D eigenvalue weighted by Gasteiger charge is -2.20. The molecule has 0 saturated heterocycles. The van der Waals surface area contributed by atoms with Gasteiger partial charge in [0, 0.05) is 23.6 Å². The van der Waals surface area contributed by atoms with E-state index in [0.717, 1.165) is 28.1 Å². The van der Waals surface area contributed by atoms with E-state index >= 15 is 0 Å². The maximum Gasteiger partial charge on any atom is 0.222 e. The molecule has 5 nitrogen and oxygen atoms in total. The van der Waals surface area contributed by atoms with E-state index in [2.05, 4.69) is 15.5 Å². The Labute approximate surface area is 197 Å². The zero-order valence-electron chi connectivity index (χ0n) is 17.6. The smallest absolute Gasteiger partial charge is 0.222 e. The molecule has 3 aromatic carbocycles. The van der Waals surface area contributed by atoms with Crippen LogP contribution in [0.15, 0.2) is 78.9 Å². The second kappa shape index (κ2) is 9.94. The summed E-state index contributed by atoms with van der Waals surface area (Å²) in [4.78, 5) is 13.0. The number of amides is 1. The Balaban J connectivity index is 1.52. The average Bonchev–Trinajstić information content (AvgIpc) is 3.17. The number of nitrogens with one attached hydrogen (secondary N) is 2. The van der Waals surface area contributed by atoms with Gasteiger partial charge >= 0.3 is 0 Å². The fraction of sp³-hybridized carbons (Fsp3) is 0.160. The molecule has 2 N–H and O–H groups in total. The number of aromatic amines is 1. The van der Waals surface area contributed by atoms with Crippen molar-refractivity contribution in [1.29, 1.82) is 0 Å². The first-order chi connectivity index (χ1) is 15.5. The van der Waals surface area contributed by atoms with E-state index in [0.29, 0.717) is 16.3 Å². The summed E-state index contributed by atoms with van der Waals surface area (Å²) in [7, 11) is 0. The topological polar surface area (TPSA) is 62.7 Å². The molecule has 0 bridgehead atoms. The van der Waals surface area contributed by atoms with E-state index in [4.69, 9.17) is 23.8 Å². The molecule has 0 saturated carbocycles. The highest BCUT2D eigenvalue weighted by Crippen LogP contribution is 2.24. The second-order valence-electron chi connectivity index (χ2n) is 7.59. The molecule has 7 heteroatoms. The maximum atomic E-state index is 13.0. The minimum atomic E-state index is -0.269. The number of nitrogens with zero attached hydrogens (tertiary/aromatic N) is 2. The SMILES string of the molecule is Cc1cccc(-c2n[nH]c(=S)n2CCC(=O)NC(c2ccccc2)c2ccc(Cl)cc2)c1. The van der Waals surface area contributed by atoms with Gasteiger partial charge in [-0.1, -0.05) is 77.8 Å². The normalized spacial score (nSPS) is 11.8. The van der Waals surface area contributed by atoms with Crippen molar-refractivity contribution in [3.63, 3.8) is 0 Å². The maximum absolute atomic E-state index is 13.0. The van der Waals surface area contributed by atoms with Crippen molar-refractivity contribution in [2.75, 3.05) is 0 Å². The molecule has 0 fully saturated rings. The highest BCUT2D eigenvalue weighted by atomic mass is 35.5. The van der Waals surface area contributed by atoms with Crippen molar-refractivity contribution in [2.24, 2.45) is 0 Å². The molecule has 162 valence electrons. The van der Waals surface area contributed by atoms with Gasteiger partial charge in [0.05, 0.1) is 6.04 Å². The molecule has 0 radical (unpaired) electrons. The Bertz CT molecular complexity index is 1270. The van der Waals surface area contributed by atoms with Gasteiger partial charge in [-0.25, -0.2) is 0 Å². The molecule has 4 rings (SSSR count). The second-order valence-corrected chi connectivity index (χ2v) is 8.41. The number of benzene rings is 3. The Hall–Kier alpha value is -3.22. The molecule has 0 spiro atoms. The lowest BCUT2D eigenvalue weighted by Crippen LogP contribution is -2.30. The first kappa shape index (κ1) is 22.0. The molecule has 32 heavy (non-hydrogen) atoms. The van der Waals surface area contributed by atoms with Crippen LogP contribution in [0.2, 0.25) is 5.02 Å². The summed E-state index contributed by atoms with van der Waals surface area (Å²) in [5.74, 6) is 0.649. The average molecular weight is 463 g/mol. The standard InChI is InChI=1S/C25H23ClN4OS/c1-17-6-5-9-20(16-17)24-28-29-25(32)30(24)15-14-22(31)27-23(18-7-3-2-4-8-18)19-10-12-21(26)13-11-19/h2-13,16,23H,14-15H2,1H3,(H,27,31)(H,29,32). The summed E-state index contributed by atoms with van der Waals surface area (Å²) < 4.78 is 2.36. The molecule has 1 unspecified atom stereocenters. The van der Waals surface area contributed by atoms with Crippen LogP contribution in [0.5, 0.6) is 0 Å². The summed E-state index contributed by atoms with van der Waals surface area (Å²) in [6, 6.07) is 25.2. The minimum Gasteiger partial charge on any atom is -0.345 e. The van der Waals surface area contributed by atoms with E-state index in [1.54, 1.807) is 0 Å². The summed E-state index contributed by atoms with van der Waals surface area (Å²) >= 11 is 11.5. The summed E-state index contributed by atoms with van der Waals surface area (Å²) in [6.45, 7) is 2.45. The summed E-state index contributed by atoms with van der Waals surface area (Å²) in [5.41, 5.74) is 4.06. The van der Waals surface area contributed by atoms with Crippen molar-refractivity contribution in [3.8, 4) is 11.4 Å². The Kier molecular flexibility index (Phi) is 6.83. The van der Waals surface area contributed by atoms with Gasteiger partial charge in [-0.3, -0.25) is 14.5 Å². The van der Waals surface area contributed by atoms with Crippen LogP contribution < -0.4 is 5.32 Å². The van der Waals surface area contributed by atoms with Crippen molar-refractivity contribution in [3.05, 3.63) is 105 Å². The molecule has 1 aromatic heterocycles. The molecule has 4 aromatic rings. The third kappa shape index (κ3) is 5.15. The lowest BCUT2D eigenvalue weighted by atomic mass is 9.98. The van der Waals surface area contributed by atoms with E-state index in [1.807, 2.05) is 90.4 Å².